The Hall–Kier alpha value is -3.92. The topological polar surface area (TPSA) is 112 Å². The third-order valence-electron chi connectivity index (χ3n) is 7.54. The molecule has 2 atom stereocenters. The van der Waals surface area contributed by atoms with Gasteiger partial charge in [-0.15, -0.1) is 12.4 Å². The van der Waals surface area contributed by atoms with Crippen LogP contribution in [0.1, 0.15) is 33.1 Å². The highest BCUT2D eigenvalue weighted by Crippen LogP contribution is 2.37. The van der Waals surface area contributed by atoms with Crippen LogP contribution < -0.4 is 29.6 Å². The second-order valence-corrected chi connectivity index (χ2v) is 10.3. The van der Waals surface area contributed by atoms with Crippen molar-refractivity contribution < 1.29 is 23.7 Å². The Morgan fingerprint density at radius 1 is 0.976 bits per heavy atom. The number of rotatable bonds is 8. The molecule has 41 heavy (non-hydrogen) atoms. The Bertz CT molecular complexity index is 1430. The van der Waals surface area contributed by atoms with E-state index >= 15 is 0 Å². The minimum atomic E-state index is -0.652. The Morgan fingerprint density at radius 3 is 2.34 bits per heavy atom. The van der Waals surface area contributed by atoms with Crippen molar-refractivity contribution in [1.82, 2.24) is 14.9 Å². The van der Waals surface area contributed by atoms with Gasteiger partial charge in [-0.05, 0) is 43.4 Å². The molecule has 1 aliphatic carbocycles. The fraction of sp³-hybridized carbons (Fsp3) is 0.433. The van der Waals surface area contributed by atoms with Gasteiger partial charge in [-0.2, -0.15) is 4.98 Å². The standard InChI is InChI=1S/C30H37N5O5.ClH/c1-18(2)27(40-24-13-9-8-12-23(24)37-3)29(36)34-14-15-35(22-11-7-6-10-21(22)34)30-32-20-17-26(39-5)25(38-4)16-19(20)28(31)33-30;/h8-9,11-13,16-18,21,27H,6-7,10,14-15H2,1-5H3,(H2,31,32,33);1H. The number of aromatic nitrogens is 2. The number of hydrogen-bond acceptors (Lipinski definition) is 9. The maximum atomic E-state index is 14.0. The third-order valence-corrected chi connectivity index (χ3v) is 7.54. The lowest BCUT2D eigenvalue weighted by Gasteiger charge is -2.46. The summed E-state index contributed by atoms with van der Waals surface area (Å²) >= 11 is 0. The average Bonchev–Trinajstić information content (AvgIpc) is 2.98. The Kier molecular flexibility index (Phi) is 9.32. The lowest BCUT2D eigenvalue weighted by atomic mass is 9.93. The summed E-state index contributed by atoms with van der Waals surface area (Å²) in [5.41, 5.74) is 8.09. The number of nitrogen functional groups attached to an aromatic ring is 1. The van der Waals surface area contributed by atoms with Gasteiger partial charge < -0.3 is 34.5 Å². The van der Waals surface area contributed by atoms with Gasteiger partial charge in [0.25, 0.3) is 5.91 Å². The van der Waals surface area contributed by atoms with E-state index in [4.69, 9.17) is 29.7 Å². The average molecular weight is 584 g/mol. The highest BCUT2D eigenvalue weighted by atomic mass is 35.5. The summed E-state index contributed by atoms with van der Waals surface area (Å²) in [5, 5.41) is 0.692. The van der Waals surface area contributed by atoms with Crippen molar-refractivity contribution in [2.75, 3.05) is 45.1 Å². The van der Waals surface area contributed by atoms with Crippen molar-refractivity contribution in [1.29, 1.82) is 0 Å². The van der Waals surface area contributed by atoms with Crippen molar-refractivity contribution in [3.8, 4) is 23.0 Å². The summed E-state index contributed by atoms with van der Waals surface area (Å²) in [6, 6.07) is 10.9. The van der Waals surface area contributed by atoms with Gasteiger partial charge in [0.05, 0.1) is 32.9 Å². The largest absolute Gasteiger partial charge is 0.493 e. The molecular weight excluding hydrogens is 546 g/mol. The number of ether oxygens (including phenoxy) is 4. The summed E-state index contributed by atoms with van der Waals surface area (Å²) < 4.78 is 22.7. The molecule has 1 aliphatic heterocycles. The summed E-state index contributed by atoms with van der Waals surface area (Å²) in [4.78, 5) is 27.6. The molecule has 0 bridgehead atoms. The van der Waals surface area contributed by atoms with E-state index in [0.29, 0.717) is 58.8 Å². The molecule has 1 amide bonds. The molecule has 2 aliphatic rings. The molecule has 2 N–H and O–H groups in total. The zero-order valence-corrected chi connectivity index (χ0v) is 24.9. The number of carbonyl (C=O) groups excluding carboxylic acids is 1. The zero-order valence-electron chi connectivity index (χ0n) is 24.1. The van der Waals surface area contributed by atoms with Crippen LogP contribution in [0.2, 0.25) is 0 Å². The quantitative estimate of drug-likeness (QED) is 0.398. The van der Waals surface area contributed by atoms with Gasteiger partial charge >= 0.3 is 0 Å². The van der Waals surface area contributed by atoms with E-state index < -0.39 is 6.10 Å². The van der Waals surface area contributed by atoms with Crippen LogP contribution in [-0.4, -0.2) is 67.3 Å². The predicted molar refractivity (Wildman–Crippen MR) is 161 cm³/mol. The lowest BCUT2D eigenvalue weighted by Crippen LogP contribution is -2.58. The number of amides is 1. The van der Waals surface area contributed by atoms with Crippen molar-refractivity contribution in [3.63, 3.8) is 0 Å². The van der Waals surface area contributed by atoms with Gasteiger partial charge in [-0.1, -0.05) is 32.1 Å². The van der Waals surface area contributed by atoms with E-state index in [-0.39, 0.29) is 30.3 Å². The minimum absolute atomic E-state index is 0. The molecule has 220 valence electrons. The molecule has 1 aromatic heterocycles. The molecule has 0 saturated carbocycles. The number of nitrogens with two attached hydrogens (primary N) is 1. The number of nitrogens with zero attached hydrogens (tertiary/aromatic N) is 4. The van der Waals surface area contributed by atoms with Crippen LogP contribution in [0.3, 0.4) is 0 Å². The molecule has 3 aromatic rings. The number of hydrogen-bond donors (Lipinski definition) is 1. The zero-order chi connectivity index (χ0) is 28.4. The van der Waals surface area contributed by atoms with Crippen LogP contribution in [0.25, 0.3) is 10.9 Å². The Balaban J connectivity index is 0.00000387. The SMILES string of the molecule is COc1cc2nc(N3CCN(C(=O)C(Oc4ccccc4OC)C(C)C)C4CCCC=C43)nc(N)c2cc1OC.Cl. The second-order valence-electron chi connectivity index (χ2n) is 10.3. The van der Waals surface area contributed by atoms with Crippen LogP contribution in [0.4, 0.5) is 11.8 Å². The third kappa shape index (κ3) is 5.79. The molecule has 0 spiro atoms. The van der Waals surface area contributed by atoms with Gasteiger partial charge in [0.15, 0.2) is 29.1 Å². The predicted octanol–water partition coefficient (Wildman–Crippen LogP) is 4.85. The van der Waals surface area contributed by atoms with E-state index in [2.05, 4.69) is 16.0 Å². The number of carbonyl (C=O) groups is 1. The summed E-state index contributed by atoms with van der Waals surface area (Å²) in [6.07, 6.45) is 4.30. The molecule has 11 heteroatoms. The first-order valence-electron chi connectivity index (χ1n) is 13.6. The normalized spacial score (nSPS) is 17.3. The van der Waals surface area contributed by atoms with Gasteiger partial charge in [-0.3, -0.25) is 4.79 Å². The van der Waals surface area contributed by atoms with Crippen LogP contribution in [0.5, 0.6) is 23.0 Å². The molecule has 2 heterocycles. The van der Waals surface area contributed by atoms with Crippen LogP contribution in [-0.2, 0) is 4.79 Å². The maximum Gasteiger partial charge on any atom is 0.264 e. The van der Waals surface area contributed by atoms with E-state index in [1.807, 2.05) is 49.1 Å². The highest BCUT2D eigenvalue weighted by Gasteiger charge is 2.41. The monoisotopic (exact) mass is 583 g/mol. The van der Waals surface area contributed by atoms with Gasteiger partial charge in [0.2, 0.25) is 5.95 Å². The molecule has 2 aromatic carbocycles. The molecule has 0 radical (unpaired) electrons. The first-order valence-corrected chi connectivity index (χ1v) is 13.6. The molecule has 10 nitrogen and oxygen atoms in total. The van der Waals surface area contributed by atoms with Crippen LogP contribution >= 0.6 is 12.4 Å². The number of allylic oxidation sites excluding steroid dienone is 1. The number of methoxy groups -OCH3 is 3. The smallest absolute Gasteiger partial charge is 0.264 e. The first kappa shape index (κ1) is 30.0. The summed E-state index contributed by atoms with van der Waals surface area (Å²) in [7, 11) is 4.77. The Morgan fingerprint density at radius 2 is 1.66 bits per heavy atom. The fourth-order valence-corrected chi connectivity index (χ4v) is 5.50. The van der Waals surface area contributed by atoms with Crippen molar-refractivity contribution >= 4 is 41.0 Å². The second kappa shape index (κ2) is 12.7. The fourth-order valence-electron chi connectivity index (χ4n) is 5.50. The van der Waals surface area contributed by atoms with E-state index in [1.165, 1.54) is 0 Å². The number of benzene rings is 2. The molecule has 5 rings (SSSR count). The highest BCUT2D eigenvalue weighted by molar-refractivity contribution is 5.92. The number of para-hydroxylation sites is 2. The van der Waals surface area contributed by atoms with E-state index in [0.717, 1.165) is 25.0 Å². The first-order chi connectivity index (χ1) is 19.4. The van der Waals surface area contributed by atoms with Crippen molar-refractivity contribution in [2.24, 2.45) is 5.92 Å². The lowest BCUT2D eigenvalue weighted by molar-refractivity contribution is -0.143. The Labute approximate surface area is 246 Å². The van der Waals surface area contributed by atoms with Gasteiger partial charge in [0.1, 0.15) is 5.82 Å². The summed E-state index contributed by atoms with van der Waals surface area (Å²) in [5.74, 6) is 3.09. The van der Waals surface area contributed by atoms with E-state index in [1.54, 1.807) is 27.4 Å². The van der Waals surface area contributed by atoms with E-state index in [9.17, 15) is 4.79 Å². The summed E-state index contributed by atoms with van der Waals surface area (Å²) in [6.45, 7) is 5.04. The van der Waals surface area contributed by atoms with Crippen molar-refractivity contribution in [2.45, 2.75) is 45.3 Å². The molecule has 1 fully saturated rings. The maximum absolute atomic E-state index is 14.0. The van der Waals surface area contributed by atoms with Crippen LogP contribution in [0, 0.1) is 5.92 Å². The van der Waals surface area contributed by atoms with Crippen LogP contribution in [0.15, 0.2) is 48.2 Å². The molecule has 1 saturated heterocycles. The molecule has 2 unspecified atom stereocenters. The number of piperazine rings is 1. The van der Waals surface area contributed by atoms with Gasteiger partial charge in [-0.25, -0.2) is 4.98 Å². The molecular formula is C30H38ClN5O5. The minimum Gasteiger partial charge on any atom is -0.493 e. The number of halogens is 1. The number of fused-ring (bicyclic) bond motifs is 2. The van der Waals surface area contributed by atoms with Gasteiger partial charge in [0, 0.05) is 30.2 Å². The number of anilines is 2. The van der Waals surface area contributed by atoms with Crippen molar-refractivity contribution in [3.05, 3.63) is 48.2 Å².